The van der Waals surface area contributed by atoms with E-state index >= 15 is 0 Å². The zero-order valence-electron chi connectivity index (χ0n) is 14.3. The van der Waals surface area contributed by atoms with Crippen LogP contribution in [0.5, 0.6) is 0 Å². The van der Waals surface area contributed by atoms with Crippen LogP contribution in [0.2, 0.25) is 0 Å². The summed E-state index contributed by atoms with van der Waals surface area (Å²) in [7, 11) is 0. The van der Waals surface area contributed by atoms with Crippen LogP contribution in [0.15, 0.2) is 59.5 Å². The zero-order chi connectivity index (χ0) is 18.6. The zero-order valence-corrected chi connectivity index (χ0v) is 14.3. The monoisotopic (exact) mass is 365 g/mol. The Morgan fingerprint density at radius 2 is 1.93 bits per heavy atom. The Morgan fingerprint density at radius 1 is 1.11 bits per heavy atom. The van der Waals surface area contributed by atoms with E-state index in [0.717, 1.165) is 11.3 Å². The maximum atomic E-state index is 13.1. The summed E-state index contributed by atoms with van der Waals surface area (Å²) < 4.78 is 18.4. The summed E-state index contributed by atoms with van der Waals surface area (Å²) in [5, 5.41) is 13.2. The second kappa shape index (κ2) is 7.24. The number of rotatable bonds is 6. The van der Waals surface area contributed by atoms with Crippen LogP contribution in [-0.4, -0.2) is 25.1 Å². The summed E-state index contributed by atoms with van der Waals surface area (Å²) in [4.78, 5) is 12.5. The Morgan fingerprint density at radius 3 is 2.70 bits per heavy atom. The second-order valence-corrected chi connectivity index (χ2v) is 5.82. The molecule has 0 spiro atoms. The van der Waals surface area contributed by atoms with Crippen molar-refractivity contribution >= 4 is 17.7 Å². The Labute approximate surface area is 153 Å². The van der Waals surface area contributed by atoms with E-state index in [0.29, 0.717) is 23.5 Å². The van der Waals surface area contributed by atoms with Gasteiger partial charge in [0.05, 0.1) is 12.3 Å². The van der Waals surface area contributed by atoms with E-state index in [1.54, 1.807) is 30.5 Å². The number of hydrogen-bond donors (Lipinski definition) is 3. The maximum absolute atomic E-state index is 13.1. The van der Waals surface area contributed by atoms with E-state index in [9.17, 15) is 4.39 Å². The molecular formula is C18H16FN7O. The molecule has 0 aliphatic carbocycles. The smallest absolute Gasteiger partial charge is 0.233 e. The lowest BCUT2D eigenvalue weighted by atomic mass is 10.1. The van der Waals surface area contributed by atoms with Crippen LogP contribution in [-0.2, 0) is 0 Å². The molecule has 0 bridgehead atoms. The van der Waals surface area contributed by atoms with E-state index in [4.69, 9.17) is 4.42 Å². The highest BCUT2D eigenvalue weighted by Gasteiger charge is 2.10. The molecule has 1 unspecified atom stereocenters. The van der Waals surface area contributed by atoms with Crippen molar-refractivity contribution in [3.8, 4) is 11.5 Å². The number of nitrogens with one attached hydrogen (secondary N) is 3. The highest BCUT2D eigenvalue weighted by Crippen LogP contribution is 2.22. The molecule has 136 valence electrons. The first-order valence-corrected chi connectivity index (χ1v) is 8.25. The van der Waals surface area contributed by atoms with Gasteiger partial charge in [0, 0.05) is 6.07 Å². The summed E-state index contributed by atoms with van der Waals surface area (Å²) >= 11 is 0. The third kappa shape index (κ3) is 3.92. The number of hydrogen-bond acceptors (Lipinski definition) is 7. The van der Waals surface area contributed by atoms with Gasteiger partial charge in [-0.1, -0.05) is 12.1 Å². The van der Waals surface area contributed by atoms with Gasteiger partial charge in [0.25, 0.3) is 0 Å². The first-order valence-electron chi connectivity index (χ1n) is 8.25. The third-order valence-electron chi connectivity index (χ3n) is 3.89. The SMILES string of the molecule is CC(Nc1ncnc(Nc2cc(-c3ccco3)[nH]n2)n1)c1ccc(F)cc1. The molecule has 1 aromatic carbocycles. The van der Waals surface area contributed by atoms with Crippen molar-refractivity contribution in [2.45, 2.75) is 13.0 Å². The molecule has 9 heteroatoms. The molecule has 0 amide bonds. The number of H-pyrrole nitrogens is 1. The molecule has 0 saturated carbocycles. The van der Waals surface area contributed by atoms with Crippen LogP contribution in [0.3, 0.4) is 0 Å². The van der Waals surface area contributed by atoms with Crippen LogP contribution in [0.1, 0.15) is 18.5 Å². The summed E-state index contributed by atoms with van der Waals surface area (Å²) in [6, 6.07) is 11.6. The lowest BCUT2D eigenvalue weighted by Gasteiger charge is -2.14. The fraction of sp³-hybridized carbons (Fsp3) is 0.111. The Kier molecular flexibility index (Phi) is 4.48. The average molecular weight is 365 g/mol. The van der Waals surface area contributed by atoms with Gasteiger partial charge in [-0.2, -0.15) is 10.1 Å². The summed E-state index contributed by atoms with van der Waals surface area (Å²) in [6.07, 6.45) is 2.99. The van der Waals surface area contributed by atoms with Crippen molar-refractivity contribution in [3.05, 3.63) is 66.4 Å². The number of benzene rings is 1. The van der Waals surface area contributed by atoms with Gasteiger partial charge in [0.2, 0.25) is 11.9 Å². The first-order chi connectivity index (χ1) is 13.2. The minimum atomic E-state index is -0.273. The van der Waals surface area contributed by atoms with Crippen molar-refractivity contribution in [1.82, 2.24) is 25.1 Å². The Bertz CT molecular complexity index is 1010. The van der Waals surface area contributed by atoms with Crippen molar-refractivity contribution in [2.75, 3.05) is 10.6 Å². The largest absolute Gasteiger partial charge is 0.463 e. The van der Waals surface area contributed by atoms with E-state index in [1.807, 2.05) is 13.0 Å². The minimum absolute atomic E-state index is 0.100. The van der Waals surface area contributed by atoms with Gasteiger partial charge in [0.1, 0.15) is 17.8 Å². The predicted octanol–water partition coefficient (Wildman–Crippen LogP) is 3.91. The van der Waals surface area contributed by atoms with Gasteiger partial charge in [-0.25, -0.2) is 14.4 Å². The second-order valence-electron chi connectivity index (χ2n) is 5.82. The number of halogens is 1. The average Bonchev–Trinajstić information content (AvgIpc) is 3.34. The molecule has 27 heavy (non-hydrogen) atoms. The molecule has 3 N–H and O–H groups in total. The molecule has 0 aliphatic heterocycles. The first kappa shape index (κ1) is 16.7. The minimum Gasteiger partial charge on any atom is -0.463 e. The Balaban J connectivity index is 1.45. The fourth-order valence-corrected chi connectivity index (χ4v) is 2.51. The van der Waals surface area contributed by atoms with Crippen LogP contribution in [0, 0.1) is 5.82 Å². The lowest BCUT2D eigenvalue weighted by Crippen LogP contribution is -2.11. The van der Waals surface area contributed by atoms with E-state index < -0.39 is 0 Å². The van der Waals surface area contributed by atoms with Gasteiger partial charge in [0.15, 0.2) is 11.6 Å². The lowest BCUT2D eigenvalue weighted by molar-refractivity contribution is 0.580. The number of nitrogens with zero attached hydrogens (tertiary/aromatic N) is 4. The van der Waals surface area contributed by atoms with Gasteiger partial charge < -0.3 is 15.1 Å². The van der Waals surface area contributed by atoms with Crippen LogP contribution < -0.4 is 10.6 Å². The summed E-state index contributed by atoms with van der Waals surface area (Å²) in [5.41, 5.74) is 1.65. The van der Waals surface area contributed by atoms with Crippen molar-refractivity contribution in [2.24, 2.45) is 0 Å². The normalized spacial score (nSPS) is 11.9. The standard InChI is InChI=1S/C18H16FN7O/c1-11(12-4-6-13(19)7-5-12)22-17-20-10-21-18(24-17)23-16-9-14(25-26-16)15-3-2-8-27-15/h2-11H,1H3,(H3,20,21,22,23,24,25,26). The van der Waals surface area contributed by atoms with Crippen molar-refractivity contribution in [3.63, 3.8) is 0 Å². The molecule has 0 radical (unpaired) electrons. The van der Waals surface area contributed by atoms with Gasteiger partial charge in [-0.3, -0.25) is 5.10 Å². The quantitative estimate of drug-likeness (QED) is 0.476. The topological polar surface area (TPSA) is 105 Å². The van der Waals surface area contributed by atoms with Gasteiger partial charge in [-0.15, -0.1) is 0 Å². The third-order valence-corrected chi connectivity index (χ3v) is 3.89. The number of aromatic nitrogens is 5. The molecule has 0 saturated heterocycles. The molecule has 0 aliphatic rings. The van der Waals surface area contributed by atoms with Crippen molar-refractivity contribution < 1.29 is 8.81 Å². The predicted molar refractivity (Wildman–Crippen MR) is 97.8 cm³/mol. The molecule has 4 aromatic rings. The van der Waals surface area contributed by atoms with E-state index in [-0.39, 0.29) is 11.9 Å². The highest BCUT2D eigenvalue weighted by molar-refractivity contribution is 5.60. The van der Waals surface area contributed by atoms with Crippen LogP contribution in [0.25, 0.3) is 11.5 Å². The number of aromatic amines is 1. The van der Waals surface area contributed by atoms with E-state index in [2.05, 4.69) is 35.8 Å². The molecule has 1 atom stereocenters. The Hall–Kier alpha value is -3.75. The molecule has 4 rings (SSSR count). The van der Waals surface area contributed by atoms with Crippen molar-refractivity contribution in [1.29, 1.82) is 0 Å². The number of anilines is 3. The maximum Gasteiger partial charge on any atom is 0.233 e. The van der Waals surface area contributed by atoms with E-state index in [1.165, 1.54) is 18.5 Å². The summed E-state index contributed by atoms with van der Waals surface area (Å²) in [5.74, 6) is 1.69. The fourth-order valence-electron chi connectivity index (χ4n) is 2.51. The van der Waals surface area contributed by atoms with Gasteiger partial charge in [-0.05, 0) is 36.8 Å². The molecule has 8 nitrogen and oxygen atoms in total. The number of furan rings is 1. The summed E-state index contributed by atoms with van der Waals surface area (Å²) in [6.45, 7) is 1.94. The molecule has 0 fully saturated rings. The molecule has 3 heterocycles. The highest BCUT2D eigenvalue weighted by atomic mass is 19.1. The molecule has 3 aromatic heterocycles. The van der Waals surface area contributed by atoms with Gasteiger partial charge >= 0.3 is 0 Å². The molecular weight excluding hydrogens is 349 g/mol. The van der Waals surface area contributed by atoms with Crippen LogP contribution >= 0.6 is 0 Å². The van der Waals surface area contributed by atoms with Crippen LogP contribution in [0.4, 0.5) is 22.1 Å².